The van der Waals surface area contributed by atoms with Crippen LogP contribution in [-0.4, -0.2) is 22.0 Å². The Morgan fingerprint density at radius 1 is 1.29 bits per heavy atom. The first kappa shape index (κ1) is 16.3. The minimum Gasteiger partial charge on any atom is -0.467 e. The number of aryl methyl sites for hydroxylation is 1. The minimum atomic E-state index is -0.0971. The van der Waals surface area contributed by atoms with Gasteiger partial charge in [0.25, 0.3) is 5.56 Å². The molecule has 5 nitrogen and oxygen atoms in total. The molecule has 0 radical (unpaired) electrons. The lowest BCUT2D eigenvalue weighted by molar-refractivity contribution is 0.352. The van der Waals surface area contributed by atoms with Crippen molar-refractivity contribution in [3.8, 4) is 0 Å². The first-order chi connectivity index (χ1) is 11.6. The van der Waals surface area contributed by atoms with Crippen LogP contribution in [0.3, 0.4) is 0 Å². The Morgan fingerprint density at radius 2 is 2.12 bits per heavy atom. The predicted octanol–water partition coefficient (Wildman–Crippen LogP) is 2.94. The van der Waals surface area contributed by atoms with Crippen molar-refractivity contribution in [1.82, 2.24) is 15.2 Å². The van der Waals surface area contributed by atoms with Crippen LogP contribution < -0.4 is 10.9 Å². The Kier molecular flexibility index (Phi) is 4.66. The van der Waals surface area contributed by atoms with Gasteiger partial charge in [-0.3, -0.25) is 4.79 Å². The highest BCUT2D eigenvalue weighted by Gasteiger charge is 2.14. The predicted molar refractivity (Wildman–Crippen MR) is 98.9 cm³/mol. The monoisotopic (exact) mass is 341 g/mol. The van der Waals surface area contributed by atoms with Gasteiger partial charge < -0.3 is 19.6 Å². The summed E-state index contributed by atoms with van der Waals surface area (Å²) in [4.78, 5) is 17.3. The van der Waals surface area contributed by atoms with Crippen LogP contribution in [0.1, 0.15) is 16.9 Å². The van der Waals surface area contributed by atoms with Crippen LogP contribution >= 0.6 is 12.2 Å². The van der Waals surface area contributed by atoms with Gasteiger partial charge in [-0.25, -0.2) is 0 Å². The van der Waals surface area contributed by atoms with E-state index in [1.165, 1.54) is 0 Å². The molecule has 24 heavy (non-hydrogen) atoms. The van der Waals surface area contributed by atoms with Gasteiger partial charge in [0.2, 0.25) is 0 Å². The number of pyridine rings is 1. The maximum absolute atomic E-state index is 12.5. The molecule has 6 heteroatoms. The molecule has 0 aliphatic heterocycles. The Labute approximate surface area is 145 Å². The lowest BCUT2D eigenvalue weighted by atomic mass is 10.1. The maximum Gasteiger partial charge on any atom is 0.253 e. The number of nitrogens with one attached hydrogen (secondary N) is 2. The van der Waals surface area contributed by atoms with Gasteiger partial charge in [-0.2, -0.15) is 0 Å². The zero-order valence-electron chi connectivity index (χ0n) is 13.6. The molecule has 0 amide bonds. The third-order valence-corrected chi connectivity index (χ3v) is 4.42. The Balaban J connectivity index is 1.94. The third kappa shape index (κ3) is 3.33. The summed E-state index contributed by atoms with van der Waals surface area (Å²) in [6.45, 7) is 2.88. The maximum atomic E-state index is 12.5. The molecule has 0 fully saturated rings. The number of thiocarbonyl (C=S) groups is 1. The zero-order chi connectivity index (χ0) is 17.1. The van der Waals surface area contributed by atoms with E-state index in [4.69, 9.17) is 16.6 Å². The Morgan fingerprint density at radius 3 is 2.83 bits per heavy atom. The van der Waals surface area contributed by atoms with E-state index in [0.717, 1.165) is 22.2 Å². The van der Waals surface area contributed by atoms with Crippen LogP contribution in [0.2, 0.25) is 0 Å². The molecule has 0 saturated heterocycles. The van der Waals surface area contributed by atoms with Crippen molar-refractivity contribution >= 4 is 28.2 Å². The number of aromatic amines is 1. The summed E-state index contributed by atoms with van der Waals surface area (Å²) < 4.78 is 5.40. The summed E-state index contributed by atoms with van der Waals surface area (Å²) >= 11 is 5.37. The van der Waals surface area contributed by atoms with Gasteiger partial charge in [0.05, 0.1) is 24.9 Å². The molecule has 0 unspecified atom stereocenters. The fourth-order valence-corrected chi connectivity index (χ4v) is 2.83. The number of nitrogens with zero attached hydrogens (tertiary/aromatic N) is 1. The molecule has 0 spiro atoms. The fraction of sp³-hybridized carbons (Fsp3) is 0.222. The van der Waals surface area contributed by atoms with Gasteiger partial charge in [-0.15, -0.1) is 0 Å². The molecule has 124 valence electrons. The van der Waals surface area contributed by atoms with Crippen molar-refractivity contribution in [2.24, 2.45) is 0 Å². The van der Waals surface area contributed by atoms with E-state index in [-0.39, 0.29) is 5.56 Å². The normalized spacial score (nSPS) is 10.8. The van der Waals surface area contributed by atoms with Gasteiger partial charge >= 0.3 is 0 Å². The van der Waals surface area contributed by atoms with E-state index < -0.39 is 0 Å². The Hall–Kier alpha value is -2.60. The molecular weight excluding hydrogens is 322 g/mol. The third-order valence-electron chi connectivity index (χ3n) is 3.95. The van der Waals surface area contributed by atoms with E-state index in [1.54, 1.807) is 13.3 Å². The van der Waals surface area contributed by atoms with Gasteiger partial charge in [0.1, 0.15) is 5.76 Å². The molecule has 3 rings (SSSR count). The van der Waals surface area contributed by atoms with Crippen molar-refractivity contribution in [3.63, 3.8) is 0 Å². The summed E-state index contributed by atoms with van der Waals surface area (Å²) in [6, 6.07) is 11.6. The van der Waals surface area contributed by atoms with Crippen LogP contribution in [0.15, 0.2) is 51.9 Å². The van der Waals surface area contributed by atoms with E-state index in [2.05, 4.69) is 10.3 Å². The molecule has 3 aromatic rings. The van der Waals surface area contributed by atoms with Crippen LogP contribution in [0.5, 0.6) is 0 Å². The molecular formula is C18H19N3O2S. The number of para-hydroxylation sites is 1. The van der Waals surface area contributed by atoms with E-state index in [0.29, 0.717) is 23.8 Å². The number of hydrogen-bond donors (Lipinski definition) is 2. The van der Waals surface area contributed by atoms with E-state index in [1.807, 2.05) is 48.2 Å². The quantitative estimate of drug-likeness (QED) is 0.715. The summed E-state index contributed by atoms with van der Waals surface area (Å²) in [5.74, 6) is 0.792. The zero-order valence-corrected chi connectivity index (χ0v) is 14.4. The molecule has 0 saturated carbocycles. The van der Waals surface area contributed by atoms with Crippen LogP contribution in [0.4, 0.5) is 0 Å². The number of fused-ring (bicyclic) bond motifs is 1. The van der Waals surface area contributed by atoms with Crippen LogP contribution in [0.25, 0.3) is 10.9 Å². The summed E-state index contributed by atoms with van der Waals surface area (Å²) in [5.41, 5.74) is 2.49. The molecule has 0 aliphatic carbocycles. The second-order valence-electron chi connectivity index (χ2n) is 5.65. The molecule has 0 bridgehead atoms. The largest absolute Gasteiger partial charge is 0.467 e. The van der Waals surface area contributed by atoms with E-state index >= 15 is 0 Å². The Bertz CT molecular complexity index is 916. The standard InChI is InChI=1S/C18H19N3O2S/c1-12-5-3-6-13-9-14(17(22)20-16(12)13)10-21(18(24)19-2)11-15-7-4-8-23-15/h3-9H,10-11H2,1-2H3,(H,19,24)(H,20,22). The molecule has 2 N–H and O–H groups in total. The van der Waals surface area contributed by atoms with Crippen molar-refractivity contribution in [1.29, 1.82) is 0 Å². The number of hydrogen-bond acceptors (Lipinski definition) is 3. The highest BCUT2D eigenvalue weighted by molar-refractivity contribution is 7.80. The fourth-order valence-electron chi connectivity index (χ4n) is 2.70. The van der Waals surface area contributed by atoms with Crippen LogP contribution in [0, 0.1) is 6.92 Å². The smallest absolute Gasteiger partial charge is 0.253 e. The second kappa shape index (κ2) is 6.88. The van der Waals surface area contributed by atoms with E-state index in [9.17, 15) is 4.79 Å². The first-order valence-corrected chi connectivity index (χ1v) is 8.10. The minimum absolute atomic E-state index is 0.0971. The summed E-state index contributed by atoms with van der Waals surface area (Å²) in [5, 5.41) is 4.54. The molecule has 2 heterocycles. The SMILES string of the molecule is CNC(=S)N(Cc1ccco1)Cc1cc2cccc(C)c2[nH]c1=O. The molecule has 2 aromatic heterocycles. The number of benzene rings is 1. The summed E-state index contributed by atoms with van der Waals surface area (Å²) in [7, 11) is 1.77. The topological polar surface area (TPSA) is 61.3 Å². The first-order valence-electron chi connectivity index (χ1n) is 7.69. The highest BCUT2D eigenvalue weighted by Crippen LogP contribution is 2.16. The van der Waals surface area contributed by atoms with Crippen molar-refractivity contribution in [2.75, 3.05) is 7.05 Å². The van der Waals surface area contributed by atoms with Crippen LogP contribution in [-0.2, 0) is 13.1 Å². The van der Waals surface area contributed by atoms with Crippen molar-refractivity contribution in [3.05, 3.63) is 69.9 Å². The average Bonchev–Trinajstić information content (AvgIpc) is 3.08. The highest BCUT2D eigenvalue weighted by atomic mass is 32.1. The second-order valence-corrected chi connectivity index (χ2v) is 6.04. The van der Waals surface area contributed by atoms with Gasteiger partial charge in [0.15, 0.2) is 5.11 Å². The van der Waals surface area contributed by atoms with Crippen molar-refractivity contribution < 1.29 is 4.42 Å². The average molecular weight is 341 g/mol. The van der Waals surface area contributed by atoms with Crippen molar-refractivity contribution in [2.45, 2.75) is 20.0 Å². The number of rotatable bonds is 4. The van der Waals surface area contributed by atoms with Gasteiger partial charge in [-0.1, -0.05) is 18.2 Å². The number of aromatic nitrogens is 1. The lowest BCUT2D eigenvalue weighted by Crippen LogP contribution is -2.38. The molecule has 1 aromatic carbocycles. The molecule has 0 aliphatic rings. The number of H-pyrrole nitrogens is 1. The molecule has 0 atom stereocenters. The lowest BCUT2D eigenvalue weighted by Gasteiger charge is -2.23. The van der Waals surface area contributed by atoms with Gasteiger partial charge in [0, 0.05) is 12.6 Å². The van der Waals surface area contributed by atoms with Gasteiger partial charge in [-0.05, 0) is 48.3 Å². The summed E-state index contributed by atoms with van der Waals surface area (Å²) in [6.07, 6.45) is 1.63. The number of furan rings is 1.